The Morgan fingerprint density at radius 1 is 1.33 bits per heavy atom. The van der Waals surface area contributed by atoms with Crippen LogP contribution in [0.4, 0.5) is 0 Å². The molecule has 1 unspecified atom stereocenters. The third kappa shape index (κ3) is 6.50. The first-order valence-corrected chi connectivity index (χ1v) is 7.49. The highest BCUT2D eigenvalue weighted by atomic mass is 35.5. The van der Waals surface area contributed by atoms with E-state index in [2.05, 4.69) is 10.6 Å². The smallest absolute Gasteiger partial charge is 0.266 e. The van der Waals surface area contributed by atoms with Crippen molar-refractivity contribution in [3.05, 3.63) is 28.2 Å². The predicted molar refractivity (Wildman–Crippen MR) is 90.2 cm³/mol. The second kappa shape index (κ2) is 7.29. The van der Waals surface area contributed by atoms with Crippen molar-refractivity contribution in [3.8, 4) is 5.75 Å². The minimum atomic E-state index is -0.747. The standard InChI is InChI=1S/C14H18Cl2N2O2S/c1-8(12(19)17-13(21)18-14(2,3)4)20-11-6-5-9(15)7-10(11)16/h5-8H,1-4H3,(H2,17,18,19,21). The molecule has 0 heterocycles. The minimum absolute atomic E-state index is 0.228. The summed E-state index contributed by atoms with van der Waals surface area (Å²) in [6, 6.07) is 4.80. The molecule has 0 saturated carbocycles. The predicted octanol–water partition coefficient (Wildman–Crippen LogP) is 3.55. The van der Waals surface area contributed by atoms with Crippen molar-refractivity contribution in [1.29, 1.82) is 0 Å². The van der Waals surface area contributed by atoms with Gasteiger partial charge in [0.05, 0.1) is 5.02 Å². The Balaban J connectivity index is 2.61. The lowest BCUT2D eigenvalue weighted by Gasteiger charge is -2.23. The van der Waals surface area contributed by atoms with Gasteiger partial charge >= 0.3 is 0 Å². The number of ether oxygens (including phenoxy) is 1. The number of thiocarbonyl (C=S) groups is 1. The van der Waals surface area contributed by atoms with E-state index in [1.807, 2.05) is 20.8 Å². The third-order valence-corrected chi connectivity index (χ3v) is 3.03. The first-order chi connectivity index (χ1) is 9.58. The lowest BCUT2D eigenvalue weighted by atomic mass is 10.1. The first kappa shape index (κ1) is 18.0. The number of hydrogen-bond donors (Lipinski definition) is 2. The summed E-state index contributed by atoms with van der Waals surface area (Å²) in [5.41, 5.74) is -0.228. The number of carbonyl (C=O) groups excluding carboxylic acids is 1. The summed E-state index contributed by atoms with van der Waals surface area (Å²) in [5.74, 6) is 0.0289. The molecule has 1 amide bonds. The molecule has 0 aliphatic carbocycles. The molecule has 0 saturated heterocycles. The molecule has 1 rings (SSSR count). The second-order valence-corrected chi connectivity index (χ2v) is 6.78. The summed E-state index contributed by atoms with van der Waals surface area (Å²) in [6.45, 7) is 7.44. The molecule has 1 aromatic rings. The number of rotatable bonds is 3. The highest BCUT2D eigenvalue weighted by Gasteiger charge is 2.19. The molecule has 7 heteroatoms. The van der Waals surface area contributed by atoms with Gasteiger partial charge in [0.25, 0.3) is 5.91 Å². The molecule has 1 aromatic carbocycles. The Morgan fingerprint density at radius 2 is 1.95 bits per heavy atom. The molecule has 0 aliphatic heterocycles. The van der Waals surface area contributed by atoms with Gasteiger partial charge in [-0.05, 0) is 58.1 Å². The number of nitrogens with one attached hydrogen (secondary N) is 2. The van der Waals surface area contributed by atoms with Crippen LogP contribution in [0.15, 0.2) is 18.2 Å². The van der Waals surface area contributed by atoms with Crippen LogP contribution in [0, 0.1) is 0 Å². The van der Waals surface area contributed by atoms with E-state index < -0.39 is 6.10 Å². The fourth-order valence-electron chi connectivity index (χ4n) is 1.40. The molecule has 21 heavy (non-hydrogen) atoms. The summed E-state index contributed by atoms with van der Waals surface area (Å²) in [5, 5.41) is 6.66. The normalized spacial score (nSPS) is 12.5. The summed E-state index contributed by atoms with van der Waals surface area (Å²) in [6.07, 6.45) is -0.747. The van der Waals surface area contributed by atoms with Gasteiger partial charge < -0.3 is 10.1 Å². The van der Waals surface area contributed by atoms with Gasteiger partial charge in [-0.2, -0.15) is 0 Å². The molecule has 0 spiro atoms. The van der Waals surface area contributed by atoms with Crippen LogP contribution in [0.3, 0.4) is 0 Å². The Bertz CT molecular complexity index is 544. The van der Waals surface area contributed by atoms with Crippen molar-refractivity contribution in [1.82, 2.24) is 10.6 Å². The van der Waals surface area contributed by atoms with E-state index >= 15 is 0 Å². The van der Waals surface area contributed by atoms with Crippen LogP contribution in [-0.2, 0) is 4.79 Å². The van der Waals surface area contributed by atoms with E-state index in [4.69, 9.17) is 40.2 Å². The van der Waals surface area contributed by atoms with Crippen molar-refractivity contribution in [2.24, 2.45) is 0 Å². The van der Waals surface area contributed by atoms with Gasteiger partial charge in [0, 0.05) is 10.6 Å². The Kier molecular flexibility index (Phi) is 6.25. The van der Waals surface area contributed by atoms with Crippen LogP contribution < -0.4 is 15.4 Å². The zero-order valence-corrected chi connectivity index (χ0v) is 14.6. The van der Waals surface area contributed by atoms with Gasteiger partial charge in [-0.15, -0.1) is 0 Å². The maximum Gasteiger partial charge on any atom is 0.266 e. The van der Waals surface area contributed by atoms with E-state index in [0.717, 1.165) is 0 Å². The number of benzene rings is 1. The molecular formula is C14H18Cl2N2O2S. The largest absolute Gasteiger partial charge is 0.479 e. The molecule has 0 fully saturated rings. The summed E-state index contributed by atoms with van der Waals surface area (Å²) in [4.78, 5) is 12.0. The number of amides is 1. The van der Waals surface area contributed by atoms with Gasteiger partial charge in [-0.1, -0.05) is 23.2 Å². The van der Waals surface area contributed by atoms with Gasteiger partial charge in [0.2, 0.25) is 0 Å². The molecular weight excluding hydrogens is 331 g/mol. The fourth-order valence-corrected chi connectivity index (χ4v) is 2.26. The fraction of sp³-hybridized carbons (Fsp3) is 0.429. The highest BCUT2D eigenvalue weighted by Crippen LogP contribution is 2.28. The van der Waals surface area contributed by atoms with Crippen LogP contribution in [-0.4, -0.2) is 22.7 Å². The van der Waals surface area contributed by atoms with Gasteiger partial charge in [0.1, 0.15) is 5.75 Å². The van der Waals surface area contributed by atoms with Crippen LogP contribution in [0.25, 0.3) is 0 Å². The van der Waals surface area contributed by atoms with Gasteiger partial charge in [-0.3, -0.25) is 10.1 Å². The Morgan fingerprint density at radius 3 is 2.48 bits per heavy atom. The Hall–Kier alpha value is -1.04. The molecule has 2 N–H and O–H groups in total. The zero-order chi connectivity index (χ0) is 16.2. The topological polar surface area (TPSA) is 50.4 Å². The molecule has 0 bridgehead atoms. The summed E-state index contributed by atoms with van der Waals surface area (Å²) in [7, 11) is 0. The van der Waals surface area contributed by atoms with E-state index in [-0.39, 0.29) is 16.6 Å². The third-order valence-electron chi connectivity index (χ3n) is 2.29. The minimum Gasteiger partial charge on any atom is -0.479 e. The van der Waals surface area contributed by atoms with Gasteiger partial charge in [-0.25, -0.2) is 0 Å². The van der Waals surface area contributed by atoms with Crippen LogP contribution in [0.1, 0.15) is 27.7 Å². The first-order valence-electron chi connectivity index (χ1n) is 6.33. The Labute approximate surface area is 140 Å². The van der Waals surface area contributed by atoms with Crippen molar-refractivity contribution in [3.63, 3.8) is 0 Å². The average Bonchev–Trinajstić information content (AvgIpc) is 2.29. The monoisotopic (exact) mass is 348 g/mol. The molecule has 0 aromatic heterocycles. The SMILES string of the molecule is CC(Oc1ccc(Cl)cc1Cl)C(=O)NC(=S)NC(C)(C)C. The van der Waals surface area contributed by atoms with Crippen LogP contribution >= 0.6 is 35.4 Å². The van der Waals surface area contributed by atoms with Crippen LogP contribution in [0.2, 0.25) is 10.0 Å². The quantitative estimate of drug-likeness (QED) is 0.820. The lowest BCUT2D eigenvalue weighted by molar-refractivity contribution is -0.125. The summed E-state index contributed by atoms with van der Waals surface area (Å²) < 4.78 is 5.50. The maximum absolute atomic E-state index is 12.0. The lowest BCUT2D eigenvalue weighted by Crippen LogP contribution is -2.50. The van der Waals surface area contributed by atoms with E-state index in [1.165, 1.54) is 0 Å². The molecule has 1 atom stereocenters. The summed E-state index contributed by atoms with van der Waals surface area (Å²) >= 11 is 16.9. The second-order valence-electron chi connectivity index (χ2n) is 5.53. The van der Waals surface area contributed by atoms with Crippen molar-refractivity contribution in [2.45, 2.75) is 39.3 Å². The number of hydrogen-bond acceptors (Lipinski definition) is 3. The van der Waals surface area contributed by atoms with Gasteiger partial charge in [0.15, 0.2) is 11.2 Å². The van der Waals surface area contributed by atoms with Crippen LogP contribution in [0.5, 0.6) is 5.75 Å². The molecule has 4 nitrogen and oxygen atoms in total. The van der Waals surface area contributed by atoms with Crippen molar-refractivity contribution >= 4 is 46.4 Å². The van der Waals surface area contributed by atoms with E-state index in [1.54, 1.807) is 25.1 Å². The maximum atomic E-state index is 12.0. The van der Waals surface area contributed by atoms with Crippen molar-refractivity contribution < 1.29 is 9.53 Å². The zero-order valence-electron chi connectivity index (χ0n) is 12.3. The molecule has 116 valence electrons. The molecule has 0 aliphatic rings. The number of carbonyl (C=O) groups is 1. The van der Waals surface area contributed by atoms with Crippen molar-refractivity contribution in [2.75, 3.05) is 0 Å². The average molecular weight is 349 g/mol. The number of halogens is 2. The highest BCUT2D eigenvalue weighted by molar-refractivity contribution is 7.80. The van der Waals surface area contributed by atoms with E-state index in [9.17, 15) is 4.79 Å². The molecule has 0 radical (unpaired) electrons. The van der Waals surface area contributed by atoms with E-state index in [0.29, 0.717) is 15.8 Å².